The van der Waals surface area contributed by atoms with E-state index >= 15 is 0 Å². The highest BCUT2D eigenvalue weighted by Crippen LogP contribution is 2.36. The second-order valence-corrected chi connectivity index (χ2v) is 9.25. The molecule has 9 heteroatoms. The molecular weight excluding hydrogens is 418 g/mol. The van der Waals surface area contributed by atoms with Gasteiger partial charge >= 0.3 is 6.09 Å². The van der Waals surface area contributed by atoms with Gasteiger partial charge in [0.1, 0.15) is 16.3 Å². The summed E-state index contributed by atoms with van der Waals surface area (Å²) in [6.45, 7) is 6.36. The Bertz CT molecular complexity index is 896. The Morgan fingerprint density at radius 1 is 1.26 bits per heavy atom. The highest BCUT2D eigenvalue weighted by atomic mass is 32.1. The number of rotatable bonds is 6. The average molecular weight is 448 g/mol. The van der Waals surface area contributed by atoms with Crippen LogP contribution in [0.3, 0.4) is 0 Å². The molecule has 3 rings (SSSR count). The van der Waals surface area contributed by atoms with Gasteiger partial charge in [-0.05, 0) is 26.3 Å². The van der Waals surface area contributed by atoms with Crippen molar-refractivity contribution in [1.29, 1.82) is 0 Å². The van der Waals surface area contributed by atoms with E-state index in [2.05, 4.69) is 4.98 Å². The van der Waals surface area contributed by atoms with Crippen molar-refractivity contribution in [3.63, 3.8) is 0 Å². The molecule has 2 aromatic rings. The zero-order valence-corrected chi connectivity index (χ0v) is 19.3. The Hall–Kier alpha value is -2.49. The average Bonchev–Trinajstić information content (AvgIpc) is 3.38. The van der Waals surface area contributed by atoms with Gasteiger partial charge in [0.2, 0.25) is 0 Å². The second-order valence-electron chi connectivity index (χ2n) is 8.36. The van der Waals surface area contributed by atoms with Crippen LogP contribution < -0.4 is 0 Å². The van der Waals surface area contributed by atoms with Crippen molar-refractivity contribution < 1.29 is 23.9 Å². The van der Waals surface area contributed by atoms with Crippen molar-refractivity contribution in [2.75, 3.05) is 20.7 Å². The third kappa shape index (κ3) is 6.03. The quantitative estimate of drug-likeness (QED) is 0.622. The smallest absolute Gasteiger partial charge is 0.410 e. The highest BCUT2D eigenvalue weighted by molar-refractivity contribution is 7.09. The van der Waals surface area contributed by atoms with Crippen molar-refractivity contribution in [1.82, 2.24) is 14.9 Å². The summed E-state index contributed by atoms with van der Waals surface area (Å²) in [6, 6.07) is 9.58. The molecule has 1 aromatic carbocycles. The molecule has 0 N–H and O–H groups in total. The molecule has 2 heterocycles. The molecule has 0 aliphatic carbocycles. The Labute approximate surface area is 186 Å². The minimum Gasteiger partial charge on any atom is -0.444 e. The van der Waals surface area contributed by atoms with Crippen molar-refractivity contribution in [3.05, 3.63) is 52.0 Å². The van der Waals surface area contributed by atoms with Crippen LogP contribution in [0.25, 0.3) is 0 Å². The first-order chi connectivity index (χ1) is 14.7. The summed E-state index contributed by atoms with van der Waals surface area (Å²) < 4.78 is 11.7. The molecule has 1 fully saturated rings. The molecule has 1 saturated heterocycles. The van der Waals surface area contributed by atoms with Gasteiger partial charge in [0.05, 0.1) is 32.4 Å². The van der Waals surface area contributed by atoms with E-state index < -0.39 is 11.7 Å². The number of hydroxylamine groups is 2. The van der Waals surface area contributed by atoms with Crippen LogP contribution in [0.2, 0.25) is 0 Å². The van der Waals surface area contributed by atoms with E-state index in [4.69, 9.17) is 14.3 Å². The van der Waals surface area contributed by atoms with Gasteiger partial charge in [-0.3, -0.25) is 14.5 Å². The van der Waals surface area contributed by atoms with E-state index in [9.17, 15) is 9.59 Å². The van der Waals surface area contributed by atoms with Gasteiger partial charge in [-0.1, -0.05) is 30.3 Å². The first-order valence-corrected chi connectivity index (χ1v) is 11.0. The lowest BCUT2D eigenvalue weighted by molar-refractivity contribution is -0.0760. The number of ether oxygens (including phenoxy) is 2. The lowest BCUT2D eigenvalue weighted by atomic mass is 10.2. The summed E-state index contributed by atoms with van der Waals surface area (Å²) in [7, 11) is 2.94. The Morgan fingerprint density at radius 2 is 1.97 bits per heavy atom. The summed E-state index contributed by atoms with van der Waals surface area (Å²) in [5.41, 5.74) is 0.733. The third-order valence-corrected chi connectivity index (χ3v) is 5.75. The largest absolute Gasteiger partial charge is 0.444 e. The van der Waals surface area contributed by atoms with Gasteiger partial charge < -0.3 is 9.47 Å². The van der Waals surface area contributed by atoms with Crippen LogP contribution in [0.4, 0.5) is 4.79 Å². The predicted molar refractivity (Wildman–Crippen MR) is 117 cm³/mol. The summed E-state index contributed by atoms with van der Waals surface area (Å²) in [5, 5.41) is 3.47. The zero-order chi connectivity index (χ0) is 22.6. The van der Waals surface area contributed by atoms with Crippen LogP contribution in [0.5, 0.6) is 0 Å². The first-order valence-electron chi connectivity index (χ1n) is 10.1. The molecule has 1 aliphatic heterocycles. The maximum atomic E-state index is 12.9. The van der Waals surface area contributed by atoms with Crippen LogP contribution in [0.1, 0.15) is 54.3 Å². The number of nitrogens with zero attached hydrogens (tertiary/aromatic N) is 3. The van der Waals surface area contributed by atoms with Gasteiger partial charge in [0.15, 0.2) is 0 Å². The predicted octanol–water partition coefficient (Wildman–Crippen LogP) is 4.04. The van der Waals surface area contributed by atoms with Crippen molar-refractivity contribution in [3.8, 4) is 0 Å². The molecular formula is C22H29N3O5S. The number of carbonyl (C=O) groups is 2. The molecule has 2 atom stereocenters. The molecule has 8 nitrogen and oxygen atoms in total. The normalized spacial score (nSPS) is 18.8. The van der Waals surface area contributed by atoms with Crippen molar-refractivity contribution in [2.45, 2.75) is 51.5 Å². The Balaban J connectivity index is 1.76. The van der Waals surface area contributed by atoms with Gasteiger partial charge in [-0.2, -0.15) is 0 Å². The second kappa shape index (κ2) is 9.76. The number of amides is 2. The molecule has 0 unspecified atom stereocenters. The van der Waals surface area contributed by atoms with E-state index in [1.54, 1.807) is 10.3 Å². The number of likely N-dealkylation sites (tertiary alicyclic amines) is 1. The minimum atomic E-state index is -0.615. The number of aromatic nitrogens is 1. The van der Waals surface area contributed by atoms with Crippen molar-refractivity contribution in [2.24, 2.45) is 0 Å². The zero-order valence-electron chi connectivity index (χ0n) is 18.5. The van der Waals surface area contributed by atoms with Crippen LogP contribution in [0, 0.1) is 0 Å². The summed E-state index contributed by atoms with van der Waals surface area (Å²) in [4.78, 5) is 36.3. The lowest BCUT2D eigenvalue weighted by Gasteiger charge is -2.27. The molecule has 0 saturated carbocycles. The number of hydrogen-bond acceptors (Lipinski definition) is 7. The van der Waals surface area contributed by atoms with E-state index in [1.165, 1.54) is 25.5 Å². The number of carbonyl (C=O) groups excluding carboxylic acids is 2. The molecule has 0 spiro atoms. The summed E-state index contributed by atoms with van der Waals surface area (Å²) >= 11 is 1.34. The highest BCUT2D eigenvalue weighted by Gasteiger charge is 2.40. The third-order valence-electron chi connectivity index (χ3n) is 4.81. The molecule has 31 heavy (non-hydrogen) atoms. The van der Waals surface area contributed by atoms with E-state index in [0.717, 1.165) is 10.6 Å². The molecule has 2 amide bonds. The van der Waals surface area contributed by atoms with Crippen LogP contribution >= 0.6 is 11.3 Å². The van der Waals surface area contributed by atoms with Crippen LogP contribution in [-0.2, 0) is 20.9 Å². The fourth-order valence-electron chi connectivity index (χ4n) is 3.25. The van der Waals surface area contributed by atoms with Gasteiger partial charge in [-0.15, -0.1) is 11.3 Å². The maximum absolute atomic E-state index is 12.9. The van der Waals surface area contributed by atoms with Gasteiger partial charge in [0.25, 0.3) is 5.91 Å². The fourth-order valence-corrected chi connectivity index (χ4v) is 4.16. The van der Waals surface area contributed by atoms with Crippen molar-refractivity contribution >= 4 is 23.3 Å². The lowest BCUT2D eigenvalue weighted by Crippen LogP contribution is -2.37. The number of benzene rings is 1. The molecule has 1 aromatic heterocycles. The van der Waals surface area contributed by atoms with E-state index in [0.29, 0.717) is 24.6 Å². The minimum absolute atomic E-state index is 0.164. The van der Waals surface area contributed by atoms with Gasteiger partial charge in [0, 0.05) is 18.8 Å². The van der Waals surface area contributed by atoms with E-state index in [-0.39, 0.29) is 23.7 Å². The topological polar surface area (TPSA) is 81.2 Å². The maximum Gasteiger partial charge on any atom is 0.410 e. The van der Waals surface area contributed by atoms with E-state index in [1.807, 2.05) is 51.1 Å². The Morgan fingerprint density at radius 3 is 2.61 bits per heavy atom. The van der Waals surface area contributed by atoms with Gasteiger partial charge in [-0.25, -0.2) is 14.8 Å². The molecule has 168 valence electrons. The monoisotopic (exact) mass is 447 g/mol. The molecule has 1 aliphatic rings. The number of hydrogen-bond donors (Lipinski definition) is 0. The molecule has 0 bridgehead atoms. The molecule has 0 radical (unpaired) electrons. The van der Waals surface area contributed by atoms with Crippen LogP contribution in [-0.4, -0.2) is 59.4 Å². The SMILES string of the molecule is CON(C)C(=O)c1csc([C@@H]2C[C@@H](OCc3ccccc3)CN2C(=O)OC(C)(C)C)n1. The summed E-state index contributed by atoms with van der Waals surface area (Å²) in [6.07, 6.45) is -0.00400. The Kier molecular flexibility index (Phi) is 7.30. The summed E-state index contributed by atoms with van der Waals surface area (Å²) in [5.74, 6) is -0.344. The fraction of sp³-hybridized carbons (Fsp3) is 0.500. The number of thiazole rings is 1. The first kappa shape index (κ1) is 23.2. The standard InChI is InChI=1S/C22H29N3O5S/c1-22(2,3)30-21(27)25-12-16(29-13-15-9-7-6-8-10-15)11-18(25)19-23-17(14-31-19)20(26)24(4)28-5/h6-10,14,16,18H,11-13H2,1-5H3/t16-,18+/m1/s1. The van der Waals surface area contributed by atoms with Crippen LogP contribution in [0.15, 0.2) is 35.7 Å².